The number of benzene rings is 3. The number of hydrogen-bond donors (Lipinski definition) is 4. The van der Waals surface area contributed by atoms with Crippen molar-refractivity contribution in [3.8, 4) is 5.75 Å². The maximum atomic E-state index is 14.4. The number of aromatic nitrogens is 1. The molecule has 2 bridgehead atoms. The molecule has 11 heteroatoms. The summed E-state index contributed by atoms with van der Waals surface area (Å²) in [5.74, 6) is -0.951. The van der Waals surface area contributed by atoms with Gasteiger partial charge in [0.15, 0.2) is 6.10 Å². The number of aromatic amines is 1. The largest absolute Gasteiger partial charge is 0.483 e. The zero-order chi connectivity index (χ0) is 36.8. The molecular weight excluding hydrogens is 656 g/mol. The summed E-state index contributed by atoms with van der Waals surface area (Å²) in [5.41, 5.74) is 3.53. The van der Waals surface area contributed by atoms with Crippen LogP contribution in [0.1, 0.15) is 55.9 Å². The molecule has 0 radical (unpaired) electrons. The van der Waals surface area contributed by atoms with Gasteiger partial charge in [0, 0.05) is 29.8 Å². The molecule has 1 fully saturated rings. The first-order valence-corrected chi connectivity index (χ1v) is 18.0. The molecule has 0 saturated carbocycles. The van der Waals surface area contributed by atoms with Crippen LogP contribution in [0.5, 0.6) is 5.75 Å². The number of ether oxygens (including phenoxy) is 1. The number of carbonyl (C=O) groups excluding carboxylic acids is 4. The van der Waals surface area contributed by atoms with Crippen molar-refractivity contribution in [1.82, 2.24) is 30.7 Å². The van der Waals surface area contributed by atoms with Crippen LogP contribution in [0.4, 0.5) is 0 Å². The predicted octanol–water partition coefficient (Wildman–Crippen LogP) is 4.57. The maximum absolute atomic E-state index is 14.4. The highest BCUT2D eigenvalue weighted by atomic mass is 16.5. The molecule has 4 N–H and O–H groups in total. The van der Waals surface area contributed by atoms with E-state index in [-0.39, 0.29) is 17.7 Å². The topological polar surface area (TPSA) is 136 Å². The highest BCUT2D eigenvalue weighted by Gasteiger charge is 2.42. The fourth-order valence-corrected chi connectivity index (χ4v) is 7.08. The van der Waals surface area contributed by atoms with Gasteiger partial charge in [0.25, 0.3) is 0 Å². The number of fused-ring (bicyclic) bond motifs is 11. The number of likely N-dealkylation sites (N-methyl/N-ethyl adjacent to an activating group) is 1. The number of hydrogen-bond acceptors (Lipinski definition) is 6. The van der Waals surface area contributed by atoms with Gasteiger partial charge in [-0.1, -0.05) is 74.5 Å². The lowest BCUT2D eigenvalue weighted by molar-refractivity contribution is -0.143. The number of amides is 4. The van der Waals surface area contributed by atoms with Crippen molar-refractivity contribution in [2.45, 2.75) is 69.8 Å². The summed E-state index contributed by atoms with van der Waals surface area (Å²) in [4.78, 5) is 63.4. The minimum atomic E-state index is -1.25. The van der Waals surface area contributed by atoms with Crippen LogP contribution in [0, 0.1) is 5.92 Å². The van der Waals surface area contributed by atoms with Crippen LogP contribution in [0.2, 0.25) is 0 Å². The highest BCUT2D eigenvalue weighted by Crippen LogP contribution is 2.29. The van der Waals surface area contributed by atoms with Gasteiger partial charge in [0.2, 0.25) is 23.6 Å². The Bertz CT molecular complexity index is 1900. The maximum Gasteiger partial charge on any atom is 0.247 e. The van der Waals surface area contributed by atoms with Crippen molar-refractivity contribution >= 4 is 40.6 Å². The van der Waals surface area contributed by atoms with E-state index in [0.29, 0.717) is 43.5 Å². The Labute approximate surface area is 304 Å². The van der Waals surface area contributed by atoms with E-state index in [4.69, 9.17) is 4.74 Å². The van der Waals surface area contributed by atoms with E-state index >= 15 is 0 Å². The quantitative estimate of drug-likeness (QED) is 0.202. The summed E-state index contributed by atoms with van der Waals surface area (Å²) < 4.78 is 6.54. The lowest BCUT2D eigenvalue weighted by Gasteiger charge is -2.34. The average Bonchev–Trinajstić information content (AvgIpc) is 3.80. The Balaban J connectivity index is 1.31. The standard InChI is InChI=1S/C41H48N6O5/c1-26(2)23-33-38(48)42-21-20-27-16-18-30(19-17-27)52-37(28-11-6-5-7-12-28)36(40(50)44-33)45-39(49)34-15-10-22-47(34)41(51)35(46(3)4)24-29-25-43-32-14-9-8-13-31(29)32/h5-9,11-14,16-21,25-26,33-37,43H,10,15,22-24H2,1-4H3,(H,42,48)(H,44,50)(H,45,49)/b21-20-/t33-,34?,35?,36?,37-/m0/s1. The van der Waals surface area contributed by atoms with Gasteiger partial charge in [-0.25, -0.2) is 0 Å². The van der Waals surface area contributed by atoms with E-state index in [1.165, 1.54) is 0 Å². The molecule has 7 rings (SSSR count). The van der Waals surface area contributed by atoms with Crippen molar-refractivity contribution in [3.63, 3.8) is 0 Å². The average molecular weight is 705 g/mol. The fourth-order valence-electron chi connectivity index (χ4n) is 7.08. The summed E-state index contributed by atoms with van der Waals surface area (Å²) in [5, 5.41) is 9.79. The Kier molecular flexibility index (Phi) is 11.4. The molecule has 4 aromatic rings. The third kappa shape index (κ3) is 8.37. The Morgan fingerprint density at radius 2 is 1.69 bits per heavy atom. The van der Waals surface area contributed by atoms with Gasteiger partial charge in [-0.05, 0) is 86.7 Å². The summed E-state index contributed by atoms with van der Waals surface area (Å²) in [6.45, 7) is 4.37. The SMILES string of the molecule is CC(C)C[C@@H]1NC(=O)C(NC(=O)C2CCCN2C(=O)C(Cc2c[nH]c3ccccc23)N(C)C)[C@H](c2ccccc2)Oc2ccc(cc2)/C=C\NC1=O. The molecule has 3 aromatic carbocycles. The van der Waals surface area contributed by atoms with E-state index in [2.05, 4.69) is 20.9 Å². The molecule has 272 valence electrons. The van der Waals surface area contributed by atoms with E-state index < -0.39 is 42.1 Å². The molecule has 3 unspecified atom stereocenters. The predicted molar refractivity (Wildman–Crippen MR) is 201 cm³/mol. The smallest absolute Gasteiger partial charge is 0.247 e. The lowest BCUT2D eigenvalue weighted by Crippen LogP contribution is -2.59. The highest BCUT2D eigenvalue weighted by molar-refractivity contribution is 5.96. The molecule has 11 nitrogen and oxygen atoms in total. The first kappa shape index (κ1) is 36.4. The third-order valence-corrected chi connectivity index (χ3v) is 9.83. The van der Waals surface area contributed by atoms with Gasteiger partial charge in [-0.2, -0.15) is 0 Å². The second kappa shape index (κ2) is 16.3. The van der Waals surface area contributed by atoms with Crippen LogP contribution in [0.3, 0.4) is 0 Å². The van der Waals surface area contributed by atoms with Crippen LogP contribution >= 0.6 is 0 Å². The number of rotatable bonds is 9. The van der Waals surface area contributed by atoms with Gasteiger partial charge in [0.1, 0.15) is 23.9 Å². The molecular formula is C41H48N6O5. The summed E-state index contributed by atoms with van der Waals surface area (Å²) in [7, 11) is 3.74. The van der Waals surface area contributed by atoms with Gasteiger partial charge in [-0.3, -0.25) is 24.1 Å². The molecule has 52 heavy (non-hydrogen) atoms. The van der Waals surface area contributed by atoms with E-state index in [1.807, 2.05) is 106 Å². The van der Waals surface area contributed by atoms with Gasteiger partial charge in [-0.15, -0.1) is 0 Å². The molecule has 0 spiro atoms. The number of para-hydroxylation sites is 1. The van der Waals surface area contributed by atoms with Gasteiger partial charge >= 0.3 is 0 Å². The normalized spacial score (nSPS) is 22.1. The number of carbonyl (C=O) groups is 4. The molecule has 3 aliphatic rings. The Morgan fingerprint density at radius 1 is 0.962 bits per heavy atom. The zero-order valence-corrected chi connectivity index (χ0v) is 30.2. The van der Waals surface area contributed by atoms with Gasteiger partial charge in [0.05, 0.1) is 6.04 Å². The van der Waals surface area contributed by atoms with Crippen molar-refractivity contribution < 1.29 is 23.9 Å². The van der Waals surface area contributed by atoms with Crippen molar-refractivity contribution in [2.24, 2.45) is 5.92 Å². The number of nitrogens with one attached hydrogen (secondary N) is 4. The minimum absolute atomic E-state index is 0.0897. The summed E-state index contributed by atoms with van der Waals surface area (Å²) in [6, 6.07) is 21.1. The number of nitrogens with zero attached hydrogens (tertiary/aromatic N) is 2. The monoisotopic (exact) mass is 704 g/mol. The molecule has 3 aliphatic heterocycles. The van der Waals surface area contributed by atoms with Gasteiger partial charge < -0.3 is 30.6 Å². The number of H-pyrrole nitrogens is 1. The summed E-state index contributed by atoms with van der Waals surface area (Å²) >= 11 is 0. The Morgan fingerprint density at radius 3 is 2.42 bits per heavy atom. The lowest BCUT2D eigenvalue weighted by atomic mass is 9.98. The van der Waals surface area contributed by atoms with Crippen molar-refractivity contribution in [1.29, 1.82) is 0 Å². The van der Waals surface area contributed by atoms with Crippen molar-refractivity contribution in [2.75, 3.05) is 20.6 Å². The van der Waals surface area contributed by atoms with Crippen LogP contribution in [-0.2, 0) is 25.6 Å². The van der Waals surface area contributed by atoms with Crippen molar-refractivity contribution in [3.05, 3.63) is 108 Å². The second-order valence-corrected chi connectivity index (χ2v) is 14.3. The minimum Gasteiger partial charge on any atom is -0.483 e. The first-order valence-electron chi connectivity index (χ1n) is 18.0. The fraction of sp³-hybridized carbons (Fsp3) is 0.366. The molecule has 0 aliphatic carbocycles. The Hall–Kier alpha value is -5.42. The molecule has 1 aromatic heterocycles. The van der Waals surface area contributed by atoms with E-state index in [0.717, 1.165) is 22.0 Å². The second-order valence-electron chi connectivity index (χ2n) is 14.3. The number of likely N-dealkylation sites (tertiary alicyclic amines) is 1. The van der Waals surface area contributed by atoms with E-state index in [9.17, 15) is 19.2 Å². The van der Waals surface area contributed by atoms with Crippen LogP contribution in [0.15, 0.2) is 91.3 Å². The van der Waals surface area contributed by atoms with E-state index in [1.54, 1.807) is 29.3 Å². The molecule has 1 saturated heterocycles. The first-order chi connectivity index (χ1) is 25.1. The zero-order valence-electron chi connectivity index (χ0n) is 30.2. The molecule has 4 heterocycles. The third-order valence-electron chi connectivity index (χ3n) is 9.83. The summed E-state index contributed by atoms with van der Waals surface area (Å²) in [6.07, 6.45) is 6.24. The van der Waals surface area contributed by atoms with Crippen LogP contribution < -0.4 is 20.7 Å². The molecule has 4 amide bonds. The van der Waals surface area contributed by atoms with Crippen LogP contribution in [0.25, 0.3) is 17.0 Å². The van der Waals surface area contributed by atoms with Crippen LogP contribution in [-0.4, -0.2) is 83.2 Å². The molecule has 5 atom stereocenters.